The second kappa shape index (κ2) is 4.23. The van der Waals surface area contributed by atoms with Crippen molar-refractivity contribution < 1.29 is 9.32 Å². The minimum atomic E-state index is -0.401. The van der Waals surface area contributed by atoms with Crippen molar-refractivity contribution in [3.05, 3.63) is 11.7 Å². The van der Waals surface area contributed by atoms with Crippen LogP contribution in [0.15, 0.2) is 4.52 Å². The van der Waals surface area contributed by atoms with Gasteiger partial charge in [0.1, 0.15) is 5.54 Å². The Balaban J connectivity index is 2.29. The molecule has 16 heavy (non-hydrogen) atoms. The first-order valence-electron chi connectivity index (χ1n) is 5.72. The van der Waals surface area contributed by atoms with Crippen LogP contribution >= 0.6 is 0 Å². The lowest BCUT2D eigenvalue weighted by Gasteiger charge is -2.34. The summed E-state index contributed by atoms with van der Waals surface area (Å²) in [6.45, 7) is 3.30. The lowest BCUT2D eigenvalue weighted by Crippen LogP contribution is -2.47. The number of carbonyl (C=O) groups is 1. The number of nitrogens with one attached hydrogen (secondary N) is 1. The molecule has 1 heterocycles. The Morgan fingerprint density at radius 2 is 2.06 bits per heavy atom. The van der Waals surface area contributed by atoms with Crippen molar-refractivity contribution in [3.8, 4) is 0 Å². The van der Waals surface area contributed by atoms with E-state index in [9.17, 15) is 4.79 Å². The number of aryl methyl sites for hydroxylation is 1. The van der Waals surface area contributed by atoms with Gasteiger partial charge in [-0.3, -0.25) is 4.79 Å². The summed E-state index contributed by atoms with van der Waals surface area (Å²) in [5.74, 6) is 1.13. The van der Waals surface area contributed by atoms with E-state index in [2.05, 4.69) is 15.5 Å². The van der Waals surface area contributed by atoms with Crippen LogP contribution in [0, 0.1) is 6.92 Å². The van der Waals surface area contributed by atoms with Crippen LogP contribution in [0.2, 0.25) is 0 Å². The van der Waals surface area contributed by atoms with E-state index >= 15 is 0 Å². The van der Waals surface area contributed by atoms with E-state index in [1.54, 1.807) is 6.92 Å². The fraction of sp³-hybridized carbons (Fsp3) is 0.727. The molecule has 1 aromatic heterocycles. The highest BCUT2D eigenvalue weighted by Crippen LogP contribution is 2.35. The smallest absolute Gasteiger partial charge is 0.223 e. The van der Waals surface area contributed by atoms with E-state index in [0.717, 1.165) is 25.7 Å². The van der Waals surface area contributed by atoms with Crippen LogP contribution in [0.1, 0.15) is 50.7 Å². The third-order valence-corrected chi connectivity index (χ3v) is 3.08. The number of rotatable bonds is 2. The molecule has 0 aliphatic heterocycles. The fourth-order valence-electron chi connectivity index (χ4n) is 2.39. The van der Waals surface area contributed by atoms with Gasteiger partial charge in [-0.2, -0.15) is 4.98 Å². The second-order valence-electron chi connectivity index (χ2n) is 4.46. The molecule has 0 spiro atoms. The molecule has 1 N–H and O–H groups in total. The maximum Gasteiger partial charge on any atom is 0.223 e. The maximum atomic E-state index is 11.3. The molecule has 88 valence electrons. The Hall–Kier alpha value is -1.39. The molecule has 1 aliphatic rings. The molecule has 0 saturated heterocycles. The van der Waals surface area contributed by atoms with E-state index in [1.165, 1.54) is 13.3 Å². The van der Waals surface area contributed by atoms with Crippen LogP contribution < -0.4 is 5.32 Å². The molecule has 0 unspecified atom stereocenters. The minimum absolute atomic E-state index is 0.0376. The van der Waals surface area contributed by atoms with Gasteiger partial charge in [-0.1, -0.05) is 24.4 Å². The fourth-order valence-corrected chi connectivity index (χ4v) is 2.39. The van der Waals surface area contributed by atoms with Crippen LogP contribution in [0.5, 0.6) is 0 Å². The van der Waals surface area contributed by atoms with Crippen LogP contribution in [-0.2, 0) is 10.3 Å². The van der Waals surface area contributed by atoms with Crippen molar-refractivity contribution in [2.45, 2.75) is 51.5 Å². The number of amides is 1. The van der Waals surface area contributed by atoms with Gasteiger partial charge in [-0.15, -0.1) is 0 Å². The van der Waals surface area contributed by atoms with E-state index in [0.29, 0.717) is 11.7 Å². The molecule has 1 amide bonds. The van der Waals surface area contributed by atoms with Crippen molar-refractivity contribution in [2.24, 2.45) is 0 Å². The van der Waals surface area contributed by atoms with Gasteiger partial charge < -0.3 is 9.84 Å². The molecule has 1 aliphatic carbocycles. The number of nitrogens with zero attached hydrogens (tertiary/aromatic N) is 2. The molecular formula is C11H17N3O2. The molecule has 0 radical (unpaired) electrons. The van der Waals surface area contributed by atoms with Crippen molar-refractivity contribution in [1.82, 2.24) is 15.5 Å². The second-order valence-corrected chi connectivity index (χ2v) is 4.46. The molecule has 0 bridgehead atoms. The van der Waals surface area contributed by atoms with Crippen molar-refractivity contribution in [3.63, 3.8) is 0 Å². The maximum absolute atomic E-state index is 11.3. The summed E-state index contributed by atoms with van der Waals surface area (Å²) < 4.78 is 5.01. The Labute approximate surface area is 94.6 Å². The molecule has 1 saturated carbocycles. The average molecular weight is 223 g/mol. The topological polar surface area (TPSA) is 68.0 Å². The first-order chi connectivity index (χ1) is 7.62. The zero-order valence-corrected chi connectivity index (χ0v) is 9.75. The lowest BCUT2D eigenvalue weighted by atomic mass is 9.81. The molecule has 5 nitrogen and oxygen atoms in total. The molecule has 0 atom stereocenters. The van der Waals surface area contributed by atoms with E-state index in [-0.39, 0.29) is 5.91 Å². The van der Waals surface area contributed by atoms with E-state index in [1.807, 2.05) is 0 Å². The number of hydrogen-bond acceptors (Lipinski definition) is 4. The lowest BCUT2D eigenvalue weighted by molar-refractivity contribution is -0.121. The van der Waals surface area contributed by atoms with Gasteiger partial charge in [0.25, 0.3) is 0 Å². The Kier molecular flexibility index (Phi) is 2.94. The quantitative estimate of drug-likeness (QED) is 0.828. The zero-order valence-electron chi connectivity index (χ0n) is 9.75. The highest BCUT2D eigenvalue weighted by Gasteiger charge is 2.38. The SMILES string of the molecule is CC(=O)NC1(c2noc(C)n2)CCCCC1. The summed E-state index contributed by atoms with van der Waals surface area (Å²) in [4.78, 5) is 15.6. The van der Waals surface area contributed by atoms with Gasteiger partial charge in [0.2, 0.25) is 11.8 Å². The van der Waals surface area contributed by atoms with Crippen LogP contribution in [-0.4, -0.2) is 16.0 Å². The first kappa shape index (κ1) is 11.1. The van der Waals surface area contributed by atoms with Gasteiger partial charge in [0.15, 0.2) is 5.82 Å². The largest absolute Gasteiger partial charge is 0.343 e. The van der Waals surface area contributed by atoms with Gasteiger partial charge in [0, 0.05) is 13.8 Å². The monoisotopic (exact) mass is 223 g/mol. The van der Waals surface area contributed by atoms with Crippen LogP contribution in [0.4, 0.5) is 0 Å². The van der Waals surface area contributed by atoms with Crippen molar-refractivity contribution in [1.29, 1.82) is 0 Å². The summed E-state index contributed by atoms with van der Waals surface area (Å²) in [6.07, 6.45) is 5.18. The van der Waals surface area contributed by atoms with Gasteiger partial charge in [-0.25, -0.2) is 0 Å². The average Bonchev–Trinajstić information content (AvgIpc) is 2.66. The highest BCUT2D eigenvalue weighted by atomic mass is 16.5. The Morgan fingerprint density at radius 3 is 2.56 bits per heavy atom. The molecule has 0 aromatic carbocycles. The molecular weight excluding hydrogens is 206 g/mol. The van der Waals surface area contributed by atoms with Crippen LogP contribution in [0.25, 0.3) is 0 Å². The Morgan fingerprint density at radius 1 is 1.38 bits per heavy atom. The summed E-state index contributed by atoms with van der Waals surface area (Å²) in [6, 6.07) is 0. The third-order valence-electron chi connectivity index (χ3n) is 3.08. The predicted octanol–water partition coefficient (Wildman–Crippen LogP) is 1.67. The van der Waals surface area contributed by atoms with Gasteiger partial charge in [0.05, 0.1) is 0 Å². The Bertz CT molecular complexity index is 380. The number of aromatic nitrogens is 2. The highest BCUT2D eigenvalue weighted by molar-refractivity contribution is 5.74. The summed E-state index contributed by atoms with van der Waals surface area (Å²) in [5, 5.41) is 6.96. The van der Waals surface area contributed by atoms with Gasteiger partial charge >= 0.3 is 0 Å². The van der Waals surface area contributed by atoms with Crippen molar-refractivity contribution >= 4 is 5.91 Å². The summed E-state index contributed by atoms with van der Waals surface area (Å²) in [7, 11) is 0. The molecule has 1 aromatic rings. The third kappa shape index (κ3) is 2.08. The van der Waals surface area contributed by atoms with Crippen molar-refractivity contribution in [2.75, 3.05) is 0 Å². The summed E-state index contributed by atoms with van der Waals surface area (Å²) in [5.41, 5.74) is -0.401. The van der Waals surface area contributed by atoms with Crippen LogP contribution in [0.3, 0.4) is 0 Å². The molecule has 2 rings (SSSR count). The van der Waals surface area contributed by atoms with Gasteiger partial charge in [-0.05, 0) is 12.8 Å². The minimum Gasteiger partial charge on any atom is -0.343 e. The normalized spacial score (nSPS) is 19.4. The zero-order chi connectivity index (χ0) is 11.6. The first-order valence-corrected chi connectivity index (χ1v) is 5.72. The number of hydrogen-bond donors (Lipinski definition) is 1. The molecule has 5 heteroatoms. The standard InChI is InChI=1S/C11H17N3O2/c1-8(15)13-11(6-4-3-5-7-11)10-12-9(2)16-14-10/h3-7H2,1-2H3,(H,13,15). The van der Waals surface area contributed by atoms with E-state index in [4.69, 9.17) is 4.52 Å². The molecule has 1 fully saturated rings. The predicted molar refractivity (Wildman–Crippen MR) is 57.6 cm³/mol. The number of carbonyl (C=O) groups excluding carboxylic acids is 1. The summed E-state index contributed by atoms with van der Waals surface area (Å²) >= 11 is 0. The van der Waals surface area contributed by atoms with E-state index < -0.39 is 5.54 Å².